The lowest BCUT2D eigenvalue weighted by Crippen LogP contribution is -2.51. The number of nitrogens with one attached hydrogen (secondary N) is 2. The Balaban J connectivity index is 1.96. The van der Waals surface area contributed by atoms with Crippen LogP contribution in [0.4, 0.5) is 4.79 Å². The lowest BCUT2D eigenvalue weighted by atomic mass is 10.0. The Morgan fingerprint density at radius 2 is 1.72 bits per heavy atom. The van der Waals surface area contributed by atoms with Crippen LogP contribution in [0.15, 0.2) is 60.7 Å². The quantitative estimate of drug-likeness (QED) is 0.429. The number of allylic oxidation sites excluding steroid dienone is 1. The smallest absolute Gasteiger partial charge is 0.328 e. The summed E-state index contributed by atoms with van der Waals surface area (Å²) in [6.07, 6.45) is 3.61. The Morgan fingerprint density at radius 3 is 2.34 bits per heavy atom. The molecule has 4 amide bonds. The second-order valence-electron chi connectivity index (χ2n) is 6.27. The van der Waals surface area contributed by atoms with Crippen LogP contribution in [0.1, 0.15) is 16.7 Å². The Bertz CT molecular complexity index is 974. The molecule has 0 radical (unpaired) electrons. The number of hydrogen-bond donors (Lipinski definition) is 2. The SMILES string of the molecule is C=CCc1cc(C=C2C(=O)NC(=O)NC2=O)cc(OC)c1OCc1ccccc1. The molecule has 29 heavy (non-hydrogen) atoms. The Kier molecular flexibility index (Phi) is 6.09. The second kappa shape index (κ2) is 8.88. The number of barbiturate groups is 1. The first kappa shape index (κ1) is 19.9. The summed E-state index contributed by atoms with van der Waals surface area (Å²) in [6, 6.07) is 12.3. The maximum Gasteiger partial charge on any atom is 0.328 e. The molecular weight excluding hydrogens is 372 g/mol. The van der Waals surface area contributed by atoms with Crippen LogP contribution in [0.2, 0.25) is 0 Å². The molecule has 0 unspecified atom stereocenters. The predicted octanol–water partition coefficient (Wildman–Crippen LogP) is 2.75. The van der Waals surface area contributed by atoms with Gasteiger partial charge in [0.1, 0.15) is 12.2 Å². The van der Waals surface area contributed by atoms with Crippen LogP contribution in [-0.2, 0) is 22.6 Å². The summed E-state index contributed by atoms with van der Waals surface area (Å²) in [5.74, 6) is -0.495. The normalized spacial score (nSPS) is 13.4. The van der Waals surface area contributed by atoms with Gasteiger partial charge >= 0.3 is 6.03 Å². The van der Waals surface area contributed by atoms with Gasteiger partial charge in [0.05, 0.1) is 7.11 Å². The fourth-order valence-corrected chi connectivity index (χ4v) is 2.89. The monoisotopic (exact) mass is 392 g/mol. The topological polar surface area (TPSA) is 93.7 Å². The number of rotatable bonds is 7. The highest BCUT2D eigenvalue weighted by molar-refractivity contribution is 6.31. The second-order valence-corrected chi connectivity index (χ2v) is 6.27. The number of hydrogen-bond acceptors (Lipinski definition) is 5. The van der Waals surface area contributed by atoms with Gasteiger partial charge in [-0.05, 0) is 35.8 Å². The predicted molar refractivity (Wildman–Crippen MR) is 107 cm³/mol. The minimum absolute atomic E-state index is 0.172. The van der Waals surface area contributed by atoms with Gasteiger partial charge in [0.2, 0.25) is 0 Å². The van der Waals surface area contributed by atoms with Crippen LogP contribution >= 0.6 is 0 Å². The number of carbonyl (C=O) groups excluding carboxylic acids is 3. The maximum atomic E-state index is 12.0. The lowest BCUT2D eigenvalue weighted by molar-refractivity contribution is -0.123. The number of amides is 4. The Hall–Kier alpha value is -3.87. The van der Waals surface area contributed by atoms with Crippen LogP contribution in [0.5, 0.6) is 11.5 Å². The fourth-order valence-electron chi connectivity index (χ4n) is 2.89. The van der Waals surface area contributed by atoms with Gasteiger partial charge in [-0.15, -0.1) is 6.58 Å². The standard InChI is InChI=1S/C22H20N2O5/c1-3-7-16-10-15(11-17-20(25)23-22(27)24-21(17)26)12-18(28-2)19(16)29-13-14-8-5-4-6-9-14/h3-6,8-12H,1,7,13H2,2H3,(H2,23,24,25,26,27). The molecule has 2 aromatic rings. The molecule has 7 heteroatoms. The molecule has 2 N–H and O–H groups in total. The molecule has 148 valence electrons. The van der Waals surface area contributed by atoms with Gasteiger partial charge in [0.25, 0.3) is 11.8 Å². The lowest BCUT2D eigenvalue weighted by Gasteiger charge is -2.17. The summed E-state index contributed by atoms with van der Waals surface area (Å²) in [7, 11) is 1.51. The third kappa shape index (κ3) is 4.70. The average molecular weight is 392 g/mol. The number of carbonyl (C=O) groups is 3. The van der Waals surface area contributed by atoms with Crippen molar-refractivity contribution < 1.29 is 23.9 Å². The number of urea groups is 1. The molecule has 0 bridgehead atoms. The first-order valence-corrected chi connectivity index (χ1v) is 8.88. The molecule has 0 aromatic heterocycles. The summed E-state index contributed by atoms with van der Waals surface area (Å²) in [5, 5.41) is 4.10. The van der Waals surface area contributed by atoms with Crippen molar-refractivity contribution in [3.05, 3.63) is 77.4 Å². The number of imide groups is 2. The van der Waals surface area contributed by atoms with Crippen molar-refractivity contribution >= 4 is 23.9 Å². The highest BCUT2D eigenvalue weighted by atomic mass is 16.5. The van der Waals surface area contributed by atoms with E-state index < -0.39 is 17.8 Å². The largest absolute Gasteiger partial charge is 0.493 e. The molecule has 3 rings (SSSR count). The third-order valence-corrected chi connectivity index (χ3v) is 4.22. The van der Waals surface area contributed by atoms with E-state index in [1.54, 1.807) is 18.2 Å². The zero-order chi connectivity index (χ0) is 20.8. The number of benzene rings is 2. The molecule has 0 aliphatic carbocycles. The molecule has 1 aliphatic rings. The summed E-state index contributed by atoms with van der Waals surface area (Å²) in [6.45, 7) is 4.13. The first-order valence-electron chi connectivity index (χ1n) is 8.88. The van der Waals surface area contributed by atoms with Gasteiger partial charge < -0.3 is 9.47 Å². The number of methoxy groups -OCH3 is 1. The van der Waals surface area contributed by atoms with E-state index in [-0.39, 0.29) is 5.57 Å². The minimum Gasteiger partial charge on any atom is -0.493 e. The van der Waals surface area contributed by atoms with E-state index in [1.807, 2.05) is 41.0 Å². The molecule has 1 heterocycles. The van der Waals surface area contributed by atoms with E-state index in [2.05, 4.69) is 6.58 Å². The van der Waals surface area contributed by atoms with E-state index in [1.165, 1.54) is 13.2 Å². The van der Waals surface area contributed by atoms with Crippen molar-refractivity contribution in [3.8, 4) is 11.5 Å². The van der Waals surface area contributed by atoms with E-state index in [0.717, 1.165) is 11.1 Å². The molecule has 1 aliphatic heterocycles. The Labute approximate surface area is 168 Å². The van der Waals surface area contributed by atoms with Crippen LogP contribution < -0.4 is 20.1 Å². The van der Waals surface area contributed by atoms with Crippen molar-refractivity contribution in [1.29, 1.82) is 0 Å². The van der Waals surface area contributed by atoms with Crippen LogP contribution in [0, 0.1) is 0 Å². The third-order valence-electron chi connectivity index (χ3n) is 4.22. The van der Waals surface area contributed by atoms with Gasteiger partial charge in [0, 0.05) is 5.56 Å². The number of ether oxygens (including phenoxy) is 2. The summed E-state index contributed by atoms with van der Waals surface area (Å²) in [4.78, 5) is 35.2. The van der Waals surface area contributed by atoms with Crippen molar-refractivity contribution in [2.24, 2.45) is 0 Å². The van der Waals surface area contributed by atoms with Crippen molar-refractivity contribution in [1.82, 2.24) is 10.6 Å². The van der Waals surface area contributed by atoms with Crippen molar-refractivity contribution in [2.45, 2.75) is 13.0 Å². The summed E-state index contributed by atoms with van der Waals surface area (Å²) >= 11 is 0. The first-order chi connectivity index (χ1) is 14.0. The molecule has 0 spiro atoms. The van der Waals surface area contributed by atoms with Crippen LogP contribution in [0.25, 0.3) is 6.08 Å². The van der Waals surface area contributed by atoms with Gasteiger partial charge in [-0.3, -0.25) is 20.2 Å². The van der Waals surface area contributed by atoms with E-state index in [9.17, 15) is 14.4 Å². The summed E-state index contributed by atoms with van der Waals surface area (Å²) < 4.78 is 11.5. The maximum absolute atomic E-state index is 12.0. The molecule has 0 saturated carbocycles. The average Bonchev–Trinajstić information content (AvgIpc) is 2.70. The van der Waals surface area contributed by atoms with E-state index in [0.29, 0.717) is 30.1 Å². The molecule has 0 atom stereocenters. The zero-order valence-electron chi connectivity index (χ0n) is 15.9. The Morgan fingerprint density at radius 1 is 1.03 bits per heavy atom. The molecular formula is C22H20N2O5. The van der Waals surface area contributed by atoms with Gasteiger partial charge in [-0.1, -0.05) is 36.4 Å². The zero-order valence-corrected chi connectivity index (χ0v) is 15.9. The fraction of sp³-hybridized carbons (Fsp3) is 0.136. The van der Waals surface area contributed by atoms with Gasteiger partial charge in [-0.25, -0.2) is 4.79 Å². The highest BCUT2D eigenvalue weighted by Crippen LogP contribution is 2.35. The molecule has 1 fully saturated rings. The minimum atomic E-state index is -0.841. The van der Waals surface area contributed by atoms with Crippen molar-refractivity contribution in [3.63, 3.8) is 0 Å². The summed E-state index contributed by atoms with van der Waals surface area (Å²) in [5.41, 5.74) is 2.18. The van der Waals surface area contributed by atoms with E-state index >= 15 is 0 Å². The van der Waals surface area contributed by atoms with Crippen LogP contribution in [-0.4, -0.2) is 25.0 Å². The molecule has 7 nitrogen and oxygen atoms in total. The van der Waals surface area contributed by atoms with Gasteiger partial charge in [0.15, 0.2) is 11.5 Å². The highest BCUT2D eigenvalue weighted by Gasteiger charge is 2.28. The molecule has 2 aromatic carbocycles. The van der Waals surface area contributed by atoms with E-state index in [4.69, 9.17) is 9.47 Å². The van der Waals surface area contributed by atoms with Crippen LogP contribution in [0.3, 0.4) is 0 Å². The molecule has 1 saturated heterocycles. The van der Waals surface area contributed by atoms with Gasteiger partial charge in [-0.2, -0.15) is 0 Å². The van der Waals surface area contributed by atoms with Crippen molar-refractivity contribution in [2.75, 3.05) is 7.11 Å².